The summed E-state index contributed by atoms with van der Waals surface area (Å²) in [5.41, 5.74) is 0.418. The van der Waals surface area contributed by atoms with Crippen LogP contribution in [-0.2, 0) is 0 Å². The smallest absolute Gasteiger partial charge is 0.296 e. The molecule has 0 radical (unpaired) electrons. The summed E-state index contributed by atoms with van der Waals surface area (Å²) in [5, 5.41) is 21.9. The molecule has 1 heterocycles. The molecule has 1 N–H and O–H groups in total. The molecule has 0 amide bonds. The summed E-state index contributed by atoms with van der Waals surface area (Å²) in [7, 11) is 0. The number of aromatic nitrogens is 3. The topological polar surface area (TPSA) is 80.4 Å². The van der Waals surface area contributed by atoms with Gasteiger partial charge in [-0.25, -0.2) is 0 Å². The van der Waals surface area contributed by atoms with Crippen molar-refractivity contribution < 1.29 is 5.11 Å². The Balaban J connectivity index is 2.49. The van der Waals surface area contributed by atoms with Gasteiger partial charge >= 0.3 is 0 Å². The second-order valence-corrected chi connectivity index (χ2v) is 5.53. The lowest BCUT2D eigenvalue weighted by Crippen LogP contribution is -2.23. The summed E-state index contributed by atoms with van der Waals surface area (Å²) in [6.45, 7) is 1.57. The van der Waals surface area contributed by atoms with Crippen LogP contribution in [0.5, 0.6) is 5.75 Å². The van der Waals surface area contributed by atoms with Gasteiger partial charge in [0.25, 0.3) is 5.56 Å². The lowest BCUT2D eigenvalue weighted by atomic mass is 10.2. The van der Waals surface area contributed by atoms with E-state index in [0.29, 0.717) is 10.7 Å². The van der Waals surface area contributed by atoms with E-state index in [9.17, 15) is 9.90 Å². The summed E-state index contributed by atoms with van der Waals surface area (Å²) < 4.78 is 1.96. The van der Waals surface area contributed by atoms with Crippen LogP contribution in [0.4, 0.5) is 0 Å². The van der Waals surface area contributed by atoms with Gasteiger partial charge < -0.3 is 5.11 Å². The molecular weight excluding hydrogens is 344 g/mol. The van der Waals surface area contributed by atoms with Crippen molar-refractivity contribution in [2.75, 3.05) is 6.26 Å². The van der Waals surface area contributed by atoms with Crippen LogP contribution in [0, 0.1) is 6.92 Å². The van der Waals surface area contributed by atoms with Gasteiger partial charge in [0, 0.05) is 10.0 Å². The molecule has 1 aromatic heterocycles. The number of rotatable bonds is 3. The molecule has 0 aliphatic heterocycles. The third kappa shape index (κ3) is 3.07. The van der Waals surface area contributed by atoms with E-state index >= 15 is 0 Å². The molecule has 2 aromatic rings. The average molecular weight is 355 g/mol. The zero-order valence-electron chi connectivity index (χ0n) is 10.7. The first-order valence-electron chi connectivity index (χ1n) is 5.56. The van der Waals surface area contributed by atoms with Gasteiger partial charge in [-0.05, 0) is 31.4 Å². The van der Waals surface area contributed by atoms with Crippen LogP contribution in [0.15, 0.2) is 37.7 Å². The van der Waals surface area contributed by atoms with Gasteiger partial charge in [-0.15, -0.1) is 10.2 Å². The maximum Gasteiger partial charge on any atom is 0.296 e. The number of thioether (sulfide) groups is 1. The summed E-state index contributed by atoms with van der Waals surface area (Å²) >= 11 is 4.57. The fraction of sp³-hybridized carbons (Fsp3) is 0.167. The first-order valence-corrected chi connectivity index (χ1v) is 7.58. The number of halogens is 1. The highest BCUT2D eigenvalue weighted by Crippen LogP contribution is 2.20. The molecule has 20 heavy (non-hydrogen) atoms. The molecule has 0 saturated heterocycles. The Kier molecular flexibility index (Phi) is 4.56. The van der Waals surface area contributed by atoms with Gasteiger partial charge in [0.05, 0.1) is 6.21 Å². The molecule has 0 fully saturated rings. The fourth-order valence-corrected chi connectivity index (χ4v) is 2.23. The van der Waals surface area contributed by atoms with E-state index in [2.05, 4.69) is 31.2 Å². The first kappa shape index (κ1) is 14.7. The molecule has 0 saturated carbocycles. The van der Waals surface area contributed by atoms with Crippen molar-refractivity contribution in [1.82, 2.24) is 14.9 Å². The Bertz CT molecular complexity index is 730. The zero-order chi connectivity index (χ0) is 14.7. The van der Waals surface area contributed by atoms with Gasteiger partial charge in [0.2, 0.25) is 5.16 Å². The van der Waals surface area contributed by atoms with Crippen LogP contribution in [0.25, 0.3) is 0 Å². The molecule has 0 aliphatic carbocycles. The third-order valence-electron chi connectivity index (χ3n) is 2.45. The molecular formula is C12H11BrN4O2S. The molecule has 0 spiro atoms. The van der Waals surface area contributed by atoms with Crippen molar-refractivity contribution in [2.24, 2.45) is 5.10 Å². The predicted molar refractivity (Wildman–Crippen MR) is 81.6 cm³/mol. The predicted octanol–water partition coefficient (Wildman–Crippen LogP) is 2.02. The molecule has 6 nitrogen and oxygen atoms in total. The van der Waals surface area contributed by atoms with E-state index in [0.717, 1.165) is 9.15 Å². The number of hydrogen-bond acceptors (Lipinski definition) is 6. The van der Waals surface area contributed by atoms with E-state index in [1.165, 1.54) is 18.0 Å². The number of benzene rings is 1. The number of aromatic hydroxyl groups is 1. The van der Waals surface area contributed by atoms with Crippen LogP contribution < -0.4 is 5.56 Å². The number of hydrogen-bond donors (Lipinski definition) is 1. The number of aryl methyl sites for hydroxylation is 1. The highest BCUT2D eigenvalue weighted by atomic mass is 79.9. The average Bonchev–Trinajstić information content (AvgIpc) is 2.44. The Labute approximate surface area is 127 Å². The van der Waals surface area contributed by atoms with Crippen molar-refractivity contribution in [2.45, 2.75) is 12.1 Å². The highest BCUT2D eigenvalue weighted by Gasteiger charge is 2.07. The number of phenols is 1. The normalized spacial score (nSPS) is 11.2. The minimum Gasteiger partial charge on any atom is -0.507 e. The Morgan fingerprint density at radius 2 is 2.20 bits per heavy atom. The standard InChI is InChI=1S/C12H11BrN4O2S/c1-7-11(19)17(12(20-2)16-15-7)14-6-8-5-9(13)3-4-10(8)18/h3-6,18H,1-2H3/b14-6-. The Morgan fingerprint density at radius 1 is 1.45 bits per heavy atom. The second-order valence-electron chi connectivity index (χ2n) is 3.84. The number of phenolic OH excluding ortho intramolecular Hbond substituents is 1. The van der Waals surface area contributed by atoms with Crippen molar-refractivity contribution in [3.63, 3.8) is 0 Å². The zero-order valence-corrected chi connectivity index (χ0v) is 13.1. The molecule has 2 rings (SSSR count). The summed E-state index contributed by atoms with van der Waals surface area (Å²) in [4.78, 5) is 12.0. The third-order valence-corrected chi connectivity index (χ3v) is 3.57. The summed E-state index contributed by atoms with van der Waals surface area (Å²) in [5.74, 6) is 0.0782. The molecule has 0 aliphatic rings. The van der Waals surface area contributed by atoms with Gasteiger partial charge in [-0.3, -0.25) is 4.79 Å². The first-order chi connectivity index (χ1) is 9.52. The minimum atomic E-state index is -0.338. The molecule has 8 heteroatoms. The van der Waals surface area contributed by atoms with E-state index in [-0.39, 0.29) is 17.0 Å². The van der Waals surface area contributed by atoms with Crippen LogP contribution in [-0.4, -0.2) is 32.5 Å². The van der Waals surface area contributed by atoms with Crippen molar-refractivity contribution in [3.05, 3.63) is 44.3 Å². The summed E-state index contributed by atoms with van der Waals surface area (Å²) in [6, 6.07) is 4.95. The SMILES string of the molecule is CSc1nnc(C)c(=O)n1/N=C\c1cc(Br)ccc1O. The largest absolute Gasteiger partial charge is 0.507 e. The van der Waals surface area contributed by atoms with E-state index in [4.69, 9.17) is 0 Å². The maximum absolute atomic E-state index is 12.0. The van der Waals surface area contributed by atoms with E-state index in [1.54, 1.807) is 31.4 Å². The van der Waals surface area contributed by atoms with Gasteiger partial charge in [0.1, 0.15) is 11.4 Å². The number of nitrogens with zero attached hydrogens (tertiary/aromatic N) is 4. The van der Waals surface area contributed by atoms with E-state index < -0.39 is 0 Å². The molecule has 0 bridgehead atoms. The molecule has 0 unspecified atom stereocenters. The van der Waals surface area contributed by atoms with Crippen molar-refractivity contribution in [3.8, 4) is 5.75 Å². The summed E-state index contributed by atoms with van der Waals surface area (Å²) in [6.07, 6.45) is 3.18. The fourth-order valence-electron chi connectivity index (χ4n) is 1.42. The minimum absolute atomic E-state index is 0.0782. The highest BCUT2D eigenvalue weighted by molar-refractivity contribution is 9.10. The van der Waals surface area contributed by atoms with Gasteiger partial charge in [-0.2, -0.15) is 9.78 Å². The Morgan fingerprint density at radius 3 is 2.90 bits per heavy atom. The van der Waals surface area contributed by atoms with Gasteiger partial charge in [0.15, 0.2) is 0 Å². The lowest BCUT2D eigenvalue weighted by Gasteiger charge is -2.04. The van der Waals surface area contributed by atoms with Crippen LogP contribution in [0.1, 0.15) is 11.3 Å². The molecule has 0 atom stereocenters. The van der Waals surface area contributed by atoms with Crippen molar-refractivity contribution in [1.29, 1.82) is 0 Å². The van der Waals surface area contributed by atoms with E-state index in [1.807, 2.05) is 0 Å². The monoisotopic (exact) mass is 354 g/mol. The van der Waals surface area contributed by atoms with Crippen LogP contribution >= 0.6 is 27.7 Å². The van der Waals surface area contributed by atoms with Crippen molar-refractivity contribution >= 4 is 33.9 Å². The Hall–Kier alpha value is -1.67. The molecule has 1 aromatic carbocycles. The quantitative estimate of drug-likeness (QED) is 0.673. The van der Waals surface area contributed by atoms with Gasteiger partial charge in [-0.1, -0.05) is 27.7 Å². The second kappa shape index (κ2) is 6.19. The molecule has 104 valence electrons. The maximum atomic E-state index is 12.0. The lowest BCUT2D eigenvalue weighted by molar-refractivity contribution is 0.474. The van der Waals surface area contributed by atoms with Crippen LogP contribution in [0.2, 0.25) is 0 Å². The van der Waals surface area contributed by atoms with Crippen LogP contribution in [0.3, 0.4) is 0 Å².